The van der Waals surface area contributed by atoms with Crippen molar-refractivity contribution in [3.63, 3.8) is 0 Å². The first kappa shape index (κ1) is 27.0. The maximum Gasteiger partial charge on any atom is 0.186 e. The van der Waals surface area contributed by atoms with E-state index in [-0.39, 0.29) is 49.0 Å². The molecule has 9 heteroatoms. The van der Waals surface area contributed by atoms with E-state index in [1.54, 1.807) is 6.07 Å². The Bertz CT molecular complexity index is 1150. The molecule has 0 aliphatic heterocycles. The molecule has 1 aromatic carbocycles. The van der Waals surface area contributed by atoms with Crippen LogP contribution in [0, 0.1) is 18.7 Å². The molecule has 1 aliphatic rings. The van der Waals surface area contributed by atoms with Crippen molar-refractivity contribution in [3.05, 3.63) is 52.8 Å². The van der Waals surface area contributed by atoms with Gasteiger partial charge in [0.25, 0.3) is 0 Å². The molecule has 0 radical (unpaired) electrons. The largest absolute Gasteiger partial charge is 0.367 e. The van der Waals surface area contributed by atoms with E-state index in [9.17, 15) is 9.18 Å². The van der Waals surface area contributed by atoms with E-state index in [4.69, 9.17) is 9.26 Å². The maximum atomic E-state index is 13.5. The van der Waals surface area contributed by atoms with E-state index in [1.165, 1.54) is 12.1 Å². The van der Waals surface area contributed by atoms with Crippen molar-refractivity contribution in [2.24, 2.45) is 5.92 Å². The molecule has 3 aromatic rings. The van der Waals surface area contributed by atoms with Crippen LogP contribution in [-0.2, 0) is 22.4 Å². The molecule has 35 heavy (non-hydrogen) atoms. The average Bonchev–Trinajstić information content (AvgIpc) is 3.32. The molecule has 0 spiro atoms. The van der Waals surface area contributed by atoms with Gasteiger partial charge in [0.2, 0.25) is 0 Å². The summed E-state index contributed by atoms with van der Waals surface area (Å²) in [7, 11) is 0. The van der Waals surface area contributed by atoms with Crippen LogP contribution in [0.25, 0.3) is 11.5 Å². The maximum absolute atomic E-state index is 13.5. The number of rotatable bonds is 11. The summed E-state index contributed by atoms with van der Waals surface area (Å²) in [4.78, 5) is 13.0. The molecule has 1 atom stereocenters. The second kappa shape index (κ2) is 11.4. The minimum Gasteiger partial charge on any atom is -0.367 e. The highest BCUT2D eigenvalue weighted by molar-refractivity contribution is 5.85. The zero-order valence-electron chi connectivity index (χ0n) is 21.0. The van der Waals surface area contributed by atoms with Gasteiger partial charge in [-0.1, -0.05) is 25.1 Å². The van der Waals surface area contributed by atoms with Gasteiger partial charge in [0.15, 0.2) is 17.3 Å². The normalized spacial score (nSPS) is 14.4. The summed E-state index contributed by atoms with van der Waals surface area (Å²) in [5.41, 5.74) is 2.23. The first-order valence-electron chi connectivity index (χ1n) is 12.0. The molecule has 4 rings (SSSR count). The summed E-state index contributed by atoms with van der Waals surface area (Å²) in [5.74, 6) is 2.27. The van der Waals surface area contributed by atoms with Crippen LogP contribution in [0.4, 0.5) is 4.39 Å². The Labute approximate surface area is 211 Å². The van der Waals surface area contributed by atoms with Crippen LogP contribution < -0.4 is 0 Å². The number of benzene rings is 1. The predicted molar refractivity (Wildman–Crippen MR) is 133 cm³/mol. The number of Topliss-reactive ketones (excluding diaryl/α,β-unsaturated/α-hetero) is 1. The fourth-order valence-corrected chi connectivity index (χ4v) is 4.19. The number of aromatic nitrogens is 4. The van der Waals surface area contributed by atoms with Crippen LogP contribution in [0.5, 0.6) is 0 Å². The van der Waals surface area contributed by atoms with Crippen molar-refractivity contribution in [2.75, 3.05) is 0 Å². The van der Waals surface area contributed by atoms with Gasteiger partial charge in [-0.05, 0) is 62.8 Å². The Morgan fingerprint density at radius 2 is 1.94 bits per heavy atom. The van der Waals surface area contributed by atoms with Gasteiger partial charge in [-0.2, -0.15) is 0 Å². The molecule has 2 aromatic heterocycles. The Kier molecular flexibility index (Phi) is 8.83. The zero-order valence-corrected chi connectivity index (χ0v) is 21.8. The summed E-state index contributed by atoms with van der Waals surface area (Å²) < 4.78 is 27.2. The first-order chi connectivity index (χ1) is 16.2. The SMILES string of the molecule is Cc1cc(F)ccc1CC(=O)C[C@H](OC(C)C)c1nnc(-c2cc(CC(C)C)on2)n1C1CC1.Cl. The van der Waals surface area contributed by atoms with Crippen LogP contribution in [0.3, 0.4) is 0 Å². The minimum atomic E-state index is -0.530. The van der Waals surface area contributed by atoms with E-state index in [2.05, 4.69) is 33.8 Å². The van der Waals surface area contributed by atoms with Gasteiger partial charge in [-0.25, -0.2) is 4.39 Å². The Balaban J connectivity index is 0.00000342. The summed E-state index contributed by atoms with van der Waals surface area (Å²) >= 11 is 0. The third-order valence-electron chi connectivity index (χ3n) is 5.86. The highest BCUT2D eigenvalue weighted by Gasteiger charge is 2.35. The van der Waals surface area contributed by atoms with Crippen molar-refractivity contribution in [1.29, 1.82) is 0 Å². The van der Waals surface area contributed by atoms with Crippen molar-refractivity contribution in [3.8, 4) is 11.5 Å². The number of hydrogen-bond acceptors (Lipinski definition) is 6. The number of carbonyl (C=O) groups is 1. The van der Waals surface area contributed by atoms with Crippen molar-refractivity contribution in [2.45, 2.75) is 85.0 Å². The number of ketones is 1. The molecule has 1 fully saturated rings. The molecular formula is C26H34ClFN4O3. The number of hydrogen-bond donors (Lipinski definition) is 0. The number of ether oxygens (including phenoxy) is 1. The van der Waals surface area contributed by atoms with Crippen molar-refractivity contribution < 1.29 is 18.4 Å². The number of halogens is 2. The zero-order chi connectivity index (χ0) is 24.4. The Hall–Kier alpha value is -2.58. The van der Waals surface area contributed by atoms with E-state index in [1.807, 2.05) is 26.8 Å². The molecule has 190 valence electrons. The molecular weight excluding hydrogens is 471 g/mol. The molecule has 0 saturated heterocycles. The lowest BCUT2D eigenvalue weighted by molar-refractivity contribution is -0.122. The van der Waals surface area contributed by atoms with E-state index < -0.39 is 6.10 Å². The van der Waals surface area contributed by atoms with Gasteiger partial charge >= 0.3 is 0 Å². The molecule has 0 amide bonds. The molecule has 1 saturated carbocycles. The Morgan fingerprint density at radius 1 is 1.20 bits per heavy atom. The average molecular weight is 505 g/mol. The van der Waals surface area contributed by atoms with Crippen molar-refractivity contribution >= 4 is 18.2 Å². The monoisotopic (exact) mass is 504 g/mol. The smallest absolute Gasteiger partial charge is 0.186 e. The molecule has 2 heterocycles. The quantitative estimate of drug-likeness (QED) is 0.318. The number of aryl methyl sites for hydroxylation is 1. The molecule has 0 N–H and O–H groups in total. The molecule has 0 unspecified atom stereocenters. The van der Waals surface area contributed by atoms with E-state index >= 15 is 0 Å². The van der Waals surface area contributed by atoms with Gasteiger partial charge in [-0.3, -0.25) is 4.79 Å². The summed E-state index contributed by atoms with van der Waals surface area (Å²) in [6, 6.07) is 6.70. The lowest BCUT2D eigenvalue weighted by Gasteiger charge is -2.21. The lowest BCUT2D eigenvalue weighted by atomic mass is 10.00. The second-order valence-electron chi connectivity index (χ2n) is 9.92. The summed E-state index contributed by atoms with van der Waals surface area (Å²) in [5, 5.41) is 13.2. The first-order valence-corrected chi connectivity index (χ1v) is 12.0. The van der Waals surface area contributed by atoms with Crippen LogP contribution in [-0.4, -0.2) is 31.8 Å². The van der Waals surface area contributed by atoms with Crippen LogP contribution in [0.1, 0.15) is 81.8 Å². The van der Waals surface area contributed by atoms with Gasteiger partial charge < -0.3 is 13.8 Å². The van der Waals surface area contributed by atoms with Gasteiger partial charge in [0, 0.05) is 31.4 Å². The van der Waals surface area contributed by atoms with E-state index in [0.29, 0.717) is 23.3 Å². The Morgan fingerprint density at radius 3 is 2.57 bits per heavy atom. The number of carbonyl (C=O) groups excluding carboxylic acids is 1. The van der Waals surface area contributed by atoms with Crippen molar-refractivity contribution in [1.82, 2.24) is 19.9 Å². The number of nitrogens with zero attached hydrogens (tertiary/aromatic N) is 4. The van der Waals surface area contributed by atoms with Gasteiger partial charge in [0.05, 0.1) is 6.10 Å². The summed E-state index contributed by atoms with van der Waals surface area (Å²) in [6.45, 7) is 9.96. The fourth-order valence-electron chi connectivity index (χ4n) is 4.19. The van der Waals surface area contributed by atoms with Crippen LogP contribution in [0.15, 0.2) is 28.8 Å². The summed E-state index contributed by atoms with van der Waals surface area (Å²) in [6.07, 6.45) is 2.60. The minimum absolute atomic E-state index is 0. The molecule has 0 bridgehead atoms. The molecule has 1 aliphatic carbocycles. The van der Waals surface area contributed by atoms with Gasteiger partial charge in [-0.15, -0.1) is 22.6 Å². The van der Waals surface area contributed by atoms with Gasteiger partial charge in [0.1, 0.15) is 23.5 Å². The van der Waals surface area contributed by atoms with Crippen LogP contribution in [0.2, 0.25) is 0 Å². The lowest BCUT2D eigenvalue weighted by Crippen LogP contribution is -2.20. The molecule has 7 nitrogen and oxygen atoms in total. The highest BCUT2D eigenvalue weighted by Crippen LogP contribution is 2.41. The standard InChI is InChI=1S/C26H33FN4O3.ClH/c1-15(2)10-22-14-23(30-34-22)25-28-29-26(31(25)20-8-9-20)24(33-16(3)4)13-21(32)12-18-6-7-19(27)11-17(18)5;/h6-7,11,14-16,20,24H,8-10,12-13H2,1-5H3;1H/t24-;/m0./s1. The van der Waals surface area contributed by atoms with Crippen LogP contribution >= 0.6 is 12.4 Å². The topological polar surface area (TPSA) is 83.0 Å². The predicted octanol–water partition coefficient (Wildman–Crippen LogP) is 6.00. The second-order valence-corrected chi connectivity index (χ2v) is 9.92. The fraction of sp³-hybridized carbons (Fsp3) is 0.538. The third kappa shape index (κ3) is 6.76. The highest BCUT2D eigenvalue weighted by atomic mass is 35.5. The van der Waals surface area contributed by atoms with E-state index in [0.717, 1.165) is 36.1 Å². The third-order valence-corrected chi connectivity index (χ3v) is 5.86.